The number of hydrogen-bond acceptors (Lipinski definition) is 4. The first kappa shape index (κ1) is 12.8. The van der Waals surface area contributed by atoms with Gasteiger partial charge in [0.25, 0.3) is 11.1 Å². The Labute approximate surface area is 105 Å². The van der Waals surface area contributed by atoms with Gasteiger partial charge in [0.05, 0.1) is 5.39 Å². The summed E-state index contributed by atoms with van der Waals surface area (Å²) in [7, 11) is 4.01. The van der Waals surface area contributed by atoms with E-state index < -0.39 is 28.3 Å². The molecule has 0 aromatic carbocycles. The maximum atomic E-state index is 12.0. The molecule has 1 N–H and O–H groups in total. The van der Waals surface area contributed by atoms with Crippen LogP contribution in [0.2, 0.25) is 0 Å². The maximum Gasteiger partial charge on any atom is 0.341 e. The van der Waals surface area contributed by atoms with Crippen LogP contribution < -0.4 is 16.8 Å². The Hall–Kier alpha value is -2.64. The third-order valence-corrected chi connectivity index (χ3v) is 3.04. The maximum absolute atomic E-state index is 12.0. The van der Waals surface area contributed by atoms with Gasteiger partial charge in [-0.15, -0.1) is 0 Å². The van der Waals surface area contributed by atoms with Crippen molar-refractivity contribution >= 4 is 17.0 Å². The molecule has 2 aromatic heterocycles. The van der Waals surface area contributed by atoms with Crippen molar-refractivity contribution in [3.05, 3.63) is 42.8 Å². The van der Waals surface area contributed by atoms with Crippen LogP contribution in [0.25, 0.3) is 11.0 Å². The van der Waals surface area contributed by atoms with Crippen LogP contribution in [0.1, 0.15) is 10.4 Å². The Balaban J connectivity index is 3.25. The molecule has 0 radical (unpaired) electrons. The number of aromatic nitrogens is 3. The third-order valence-electron chi connectivity index (χ3n) is 3.04. The highest BCUT2D eigenvalue weighted by Gasteiger charge is 2.18. The quantitative estimate of drug-likeness (QED) is 0.685. The van der Waals surface area contributed by atoms with E-state index in [1.807, 2.05) is 0 Å². The van der Waals surface area contributed by atoms with Gasteiger partial charge in [0.15, 0.2) is 0 Å². The normalized spacial score (nSPS) is 10.9. The van der Waals surface area contributed by atoms with Crippen molar-refractivity contribution in [3.8, 4) is 0 Å². The predicted molar refractivity (Wildman–Crippen MR) is 66.6 cm³/mol. The lowest BCUT2D eigenvalue weighted by molar-refractivity contribution is 0.0694. The summed E-state index contributed by atoms with van der Waals surface area (Å²) >= 11 is 0. The SMILES string of the molecule is Cn1c(=O)c2cc(C(=O)O)c(=O)n(C)c2n(C)c1=O. The molecule has 8 heteroatoms. The van der Waals surface area contributed by atoms with Crippen LogP contribution in [0, 0.1) is 0 Å². The minimum absolute atomic E-state index is 0.00380. The van der Waals surface area contributed by atoms with E-state index in [1.165, 1.54) is 21.1 Å². The molecule has 19 heavy (non-hydrogen) atoms. The zero-order valence-corrected chi connectivity index (χ0v) is 10.5. The number of aryl methyl sites for hydroxylation is 2. The van der Waals surface area contributed by atoms with Gasteiger partial charge in [-0.25, -0.2) is 9.59 Å². The highest BCUT2D eigenvalue weighted by molar-refractivity contribution is 5.91. The van der Waals surface area contributed by atoms with Crippen molar-refractivity contribution in [2.75, 3.05) is 0 Å². The van der Waals surface area contributed by atoms with E-state index in [-0.39, 0.29) is 11.0 Å². The highest BCUT2D eigenvalue weighted by Crippen LogP contribution is 2.06. The lowest BCUT2D eigenvalue weighted by Crippen LogP contribution is -2.40. The van der Waals surface area contributed by atoms with Crippen LogP contribution in [0.15, 0.2) is 20.4 Å². The molecule has 100 valence electrons. The van der Waals surface area contributed by atoms with Gasteiger partial charge in [-0.1, -0.05) is 0 Å². The molecule has 0 bridgehead atoms. The number of pyridine rings is 1. The summed E-state index contributed by atoms with van der Waals surface area (Å²) in [6.45, 7) is 0. The Morgan fingerprint density at radius 1 is 1.00 bits per heavy atom. The predicted octanol–water partition coefficient (Wildman–Crippen LogP) is -1.37. The summed E-state index contributed by atoms with van der Waals surface area (Å²) < 4.78 is 2.98. The first-order chi connectivity index (χ1) is 8.77. The van der Waals surface area contributed by atoms with E-state index in [0.29, 0.717) is 0 Å². The fourth-order valence-corrected chi connectivity index (χ4v) is 2.03. The molecule has 0 amide bonds. The Bertz CT molecular complexity index is 884. The second kappa shape index (κ2) is 3.94. The van der Waals surface area contributed by atoms with E-state index in [1.54, 1.807) is 0 Å². The van der Waals surface area contributed by atoms with Crippen LogP contribution in [-0.4, -0.2) is 24.8 Å². The number of hydrogen-bond donors (Lipinski definition) is 1. The van der Waals surface area contributed by atoms with Crippen molar-refractivity contribution in [2.45, 2.75) is 0 Å². The average molecular weight is 265 g/mol. The molecule has 0 unspecified atom stereocenters. The first-order valence-corrected chi connectivity index (χ1v) is 5.30. The van der Waals surface area contributed by atoms with Gasteiger partial charge in [0, 0.05) is 21.1 Å². The molecule has 2 rings (SSSR count). The molecule has 0 saturated heterocycles. The molecule has 0 atom stereocenters. The second-order valence-electron chi connectivity index (χ2n) is 4.17. The summed E-state index contributed by atoms with van der Waals surface area (Å²) in [5.74, 6) is -1.42. The van der Waals surface area contributed by atoms with Crippen molar-refractivity contribution in [1.82, 2.24) is 13.7 Å². The molecule has 2 heterocycles. The van der Waals surface area contributed by atoms with Crippen LogP contribution in [0.3, 0.4) is 0 Å². The van der Waals surface area contributed by atoms with Gasteiger partial charge < -0.3 is 5.11 Å². The van der Waals surface area contributed by atoms with E-state index in [0.717, 1.165) is 19.8 Å². The minimum atomic E-state index is -1.42. The molecule has 0 aliphatic heterocycles. The second-order valence-corrected chi connectivity index (χ2v) is 4.17. The van der Waals surface area contributed by atoms with Crippen molar-refractivity contribution in [2.24, 2.45) is 21.1 Å². The lowest BCUT2D eigenvalue weighted by atomic mass is 10.2. The van der Waals surface area contributed by atoms with E-state index in [4.69, 9.17) is 5.11 Å². The minimum Gasteiger partial charge on any atom is -0.477 e. The first-order valence-electron chi connectivity index (χ1n) is 5.30. The van der Waals surface area contributed by atoms with Crippen LogP contribution in [0.5, 0.6) is 0 Å². The molecular weight excluding hydrogens is 254 g/mol. The van der Waals surface area contributed by atoms with Gasteiger partial charge >= 0.3 is 11.7 Å². The average Bonchev–Trinajstić information content (AvgIpc) is 2.36. The molecule has 0 spiro atoms. The molecule has 8 nitrogen and oxygen atoms in total. The Morgan fingerprint density at radius 2 is 1.58 bits per heavy atom. The zero-order valence-electron chi connectivity index (χ0n) is 10.5. The molecule has 2 aromatic rings. The van der Waals surface area contributed by atoms with Crippen LogP contribution in [0.4, 0.5) is 0 Å². The van der Waals surface area contributed by atoms with Gasteiger partial charge in [-0.3, -0.25) is 23.3 Å². The van der Waals surface area contributed by atoms with E-state index in [2.05, 4.69) is 0 Å². The van der Waals surface area contributed by atoms with Crippen LogP contribution in [-0.2, 0) is 21.1 Å². The number of nitrogens with zero attached hydrogens (tertiary/aromatic N) is 3. The molecule has 0 aliphatic carbocycles. The van der Waals surface area contributed by atoms with Gasteiger partial charge in [-0.2, -0.15) is 0 Å². The van der Waals surface area contributed by atoms with Crippen molar-refractivity contribution < 1.29 is 9.90 Å². The summed E-state index contributed by atoms with van der Waals surface area (Å²) in [5, 5.41) is 8.95. The standard InChI is InChI=1S/C11H11N3O5/c1-12-7-5(4-6(9(12)16)10(17)18)8(15)14(3)11(19)13(7)2/h4H,1-3H3,(H,17,18). The molecule has 0 fully saturated rings. The Kier molecular flexibility index (Phi) is 2.65. The zero-order chi connectivity index (χ0) is 14.5. The van der Waals surface area contributed by atoms with Crippen molar-refractivity contribution in [3.63, 3.8) is 0 Å². The number of aromatic carboxylic acids is 1. The van der Waals surface area contributed by atoms with Gasteiger partial charge in [-0.05, 0) is 6.07 Å². The number of carboxylic acid groups (broad SMARTS) is 1. The number of carbonyl (C=O) groups is 1. The molecule has 0 aliphatic rings. The molecular formula is C11H11N3O5. The van der Waals surface area contributed by atoms with E-state index in [9.17, 15) is 19.2 Å². The molecule has 0 saturated carbocycles. The summed E-state index contributed by atoms with van der Waals surface area (Å²) in [4.78, 5) is 46.6. The largest absolute Gasteiger partial charge is 0.477 e. The fourth-order valence-electron chi connectivity index (χ4n) is 2.03. The smallest absolute Gasteiger partial charge is 0.341 e. The summed E-state index contributed by atoms with van der Waals surface area (Å²) in [6.07, 6.45) is 0. The Morgan fingerprint density at radius 3 is 2.11 bits per heavy atom. The monoisotopic (exact) mass is 265 g/mol. The van der Waals surface area contributed by atoms with Crippen molar-refractivity contribution in [1.29, 1.82) is 0 Å². The topological polar surface area (TPSA) is 103 Å². The third kappa shape index (κ3) is 1.60. The van der Waals surface area contributed by atoms with Gasteiger partial charge in [0.2, 0.25) is 0 Å². The lowest BCUT2D eigenvalue weighted by Gasteiger charge is -2.11. The number of fused-ring (bicyclic) bond motifs is 1. The van der Waals surface area contributed by atoms with Gasteiger partial charge in [0.1, 0.15) is 11.2 Å². The number of rotatable bonds is 1. The number of carboxylic acids is 1. The fraction of sp³-hybridized carbons (Fsp3) is 0.273. The summed E-state index contributed by atoms with van der Waals surface area (Å²) in [6, 6.07) is 1.00. The summed E-state index contributed by atoms with van der Waals surface area (Å²) in [5.41, 5.74) is -2.43. The van der Waals surface area contributed by atoms with Crippen LogP contribution >= 0.6 is 0 Å². The van der Waals surface area contributed by atoms with E-state index >= 15 is 0 Å². The highest BCUT2D eigenvalue weighted by atomic mass is 16.4.